The number of carbonyl (C=O) groups is 1. The average molecular weight is 348 g/mol. The molecule has 1 atom stereocenters. The van der Waals surface area contributed by atoms with Gasteiger partial charge in [-0.25, -0.2) is 18.6 Å². The van der Waals surface area contributed by atoms with Gasteiger partial charge in [-0.15, -0.1) is 0 Å². The van der Waals surface area contributed by atoms with Crippen LogP contribution in [-0.2, 0) is 0 Å². The smallest absolute Gasteiger partial charge is 0.321 e. The number of rotatable bonds is 3. The van der Waals surface area contributed by atoms with Crippen LogP contribution in [0.3, 0.4) is 0 Å². The number of anilines is 1. The van der Waals surface area contributed by atoms with Gasteiger partial charge in [0.2, 0.25) is 0 Å². The summed E-state index contributed by atoms with van der Waals surface area (Å²) in [6.07, 6.45) is 5.59. The van der Waals surface area contributed by atoms with Gasteiger partial charge in [0.05, 0.1) is 0 Å². The van der Waals surface area contributed by atoms with Crippen molar-refractivity contribution < 1.29 is 13.6 Å². The van der Waals surface area contributed by atoms with Crippen molar-refractivity contribution in [2.24, 2.45) is 0 Å². The van der Waals surface area contributed by atoms with Crippen molar-refractivity contribution in [3.63, 3.8) is 0 Å². The van der Waals surface area contributed by atoms with Gasteiger partial charge >= 0.3 is 6.03 Å². The summed E-state index contributed by atoms with van der Waals surface area (Å²) in [5.74, 6) is -0.757. The molecule has 1 aromatic heterocycles. The Morgan fingerprint density at radius 1 is 1.32 bits per heavy atom. The van der Waals surface area contributed by atoms with E-state index in [0.717, 1.165) is 30.8 Å². The molecular weight excluding hydrogens is 326 g/mol. The predicted molar refractivity (Wildman–Crippen MR) is 91.5 cm³/mol. The lowest BCUT2D eigenvalue weighted by Crippen LogP contribution is -2.42. The van der Waals surface area contributed by atoms with Gasteiger partial charge in [-0.05, 0) is 38.8 Å². The monoisotopic (exact) mass is 348 g/mol. The number of hydrogen-bond acceptors (Lipinski definition) is 2. The molecule has 1 unspecified atom stereocenters. The van der Waals surface area contributed by atoms with Gasteiger partial charge in [0.1, 0.15) is 5.82 Å². The second-order valence-corrected chi connectivity index (χ2v) is 6.63. The molecule has 0 aliphatic carbocycles. The number of aromatic nitrogens is 2. The van der Waals surface area contributed by atoms with Crippen LogP contribution >= 0.6 is 0 Å². The molecule has 3 rings (SSSR count). The Labute approximate surface area is 145 Å². The number of nitrogens with one attached hydrogen (secondary N) is 1. The highest BCUT2D eigenvalue weighted by atomic mass is 19.2. The number of imidazole rings is 1. The molecule has 134 valence electrons. The molecular formula is C18H22F2N4O. The number of piperidine rings is 1. The number of benzene rings is 1. The van der Waals surface area contributed by atoms with E-state index in [9.17, 15) is 13.6 Å². The maximum absolute atomic E-state index is 13.3. The molecule has 2 amide bonds. The first-order valence-electron chi connectivity index (χ1n) is 8.49. The van der Waals surface area contributed by atoms with E-state index < -0.39 is 11.6 Å². The Morgan fingerprint density at radius 3 is 2.84 bits per heavy atom. The number of amides is 2. The zero-order chi connectivity index (χ0) is 18.0. The summed E-state index contributed by atoms with van der Waals surface area (Å²) in [5, 5.41) is 2.64. The maximum Gasteiger partial charge on any atom is 0.321 e. The lowest BCUT2D eigenvalue weighted by Gasteiger charge is -2.33. The molecule has 0 bridgehead atoms. The van der Waals surface area contributed by atoms with Crippen LogP contribution in [0, 0.1) is 11.6 Å². The molecule has 1 aliphatic heterocycles. The van der Waals surface area contributed by atoms with Crippen molar-refractivity contribution in [2.45, 2.75) is 38.6 Å². The van der Waals surface area contributed by atoms with Gasteiger partial charge in [0.15, 0.2) is 11.6 Å². The molecule has 25 heavy (non-hydrogen) atoms. The minimum Gasteiger partial charge on any atom is -0.332 e. The standard InChI is InChI=1S/C18H22F2N4O/c1-12(2)24-9-7-21-17(24)13-4-3-8-23(11-13)18(25)22-14-5-6-15(19)16(20)10-14/h5-7,9-10,12-13H,3-4,8,11H2,1-2H3,(H,22,25). The number of hydrogen-bond donors (Lipinski definition) is 1. The van der Waals surface area contributed by atoms with Gasteiger partial charge in [-0.1, -0.05) is 0 Å². The summed E-state index contributed by atoms with van der Waals surface area (Å²) < 4.78 is 28.4. The number of urea groups is 1. The minimum absolute atomic E-state index is 0.168. The van der Waals surface area contributed by atoms with Crippen molar-refractivity contribution in [1.82, 2.24) is 14.5 Å². The molecule has 1 aliphatic rings. The first kappa shape index (κ1) is 17.4. The third-order valence-electron chi connectivity index (χ3n) is 4.50. The van der Waals surface area contributed by atoms with Crippen LogP contribution in [0.4, 0.5) is 19.3 Å². The molecule has 1 aromatic carbocycles. The summed E-state index contributed by atoms with van der Waals surface area (Å²) in [7, 11) is 0. The highest BCUT2D eigenvalue weighted by Gasteiger charge is 2.28. The summed E-state index contributed by atoms with van der Waals surface area (Å²) in [5.41, 5.74) is 0.245. The van der Waals surface area contributed by atoms with E-state index in [2.05, 4.69) is 28.7 Å². The van der Waals surface area contributed by atoms with Gasteiger partial charge in [-0.3, -0.25) is 0 Å². The SMILES string of the molecule is CC(C)n1ccnc1C1CCCN(C(=O)Nc2ccc(F)c(F)c2)C1. The summed E-state index contributed by atoms with van der Waals surface area (Å²) in [6, 6.07) is 3.34. The van der Waals surface area contributed by atoms with Gasteiger partial charge in [-0.2, -0.15) is 0 Å². The Hall–Kier alpha value is -2.44. The van der Waals surface area contributed by atoms with E-state index in [1.54, 1.807) is 11.1 Å². The molecule has 0 saturated carbocycles. The second-order valence-electron chi connectivity index (χ2n) is 6.63. The lowest BCUT2D eigenvalue weighted by molar-refractivity contribution is 0.190. The van der Waals surface area contributed by atoms with Gasteiger partial charge in [0, 0.05) is 49.2 Å². The van der Waals surface area contributed by atoms with Crippen LogP contribution in [0.25, 0.3) is 0 Å². The van der Waals surface area contributed by atoms with Crippen molar-refractivity contribution in [2.75, 3.05) is 18.4 Å². The van der Waals surface area contributed by atoms with Crippen molar-refractivity contribution in [3.05, 3.63) is 48.1 Å². The molecule has 0 spiro atoms. The normalized spacial score (nSPS) is 17.8. The van der Waals surface area contributed by atoms with E-state index in [0.29, 0.717) is 19.1 Å². The van der Waals surface area contributed by atoms with Crippen LogP contribution in [0.15, 0.2) is 30.6 Å². The quantitative estimate of drug-likeness (QED) is 0.906. The summed E-state index contributed by atoms with van der Waals surface area (Å²) >= 11 is 0. The topological polar surface area (TPSA) is 50.2 Å². The van der Waals surface area contributed by atoms with Gasteiger partial charge in [0.25, 0.3) is 0 Å². The van der Waals surface area contributed by atoms with Crippen molar-refractivity contribution in [3.8, 4) is 0 Å². The van der Waals surface area contributed by atoms with E-state index in [1.165, 1.54) is 6.07 Å². The zero-order valence-corrected chi connectivity index (χ0v) is 14.4. The first-order valence-corrected chi connectivity index (χ1v) is 8.49. The van der Waals surface area contributed by atoms with Crippen LogP contribution in [-0.4, -0.2) is 33.6 Å². The molecule has 5 nitrogen and oxygen atoms in total. The Bertz CT molecular complexity index is 759. The summed E-state index contributed by atoms with van der Waals surface area (Å²) in [4.78, 5) is 18.6. The van der Waals surface area contributed by atoms with E-state index in [4.69, 9.17) is 0 Å². The number of halogens is 2. The first-order chi connectivity index (χ1) is 12.0. The summed E-state index contributed by atoms with van der Waals surface area (Å²) in [6.45, 7) is 5.39. The number of carbonyl (C=O) groups excluding carboxylic acids is 1. The molecule has 1 fully saturated rings. The Morgan fingerprint density at radius 2 is 2.12 bits per heavy atom. The van der Waals surface area contributed by atoms with Crippen LogP contribution in [0.2, 0.25) is 0 Å². The van der Waals surface area contributed by atoms with Crippen molar-refractivity contribution >= 4 is 11.7 Å². The highest BCUT2D eigenvalue weighted by Crippen LogP contribution is 2.28. The molecule has 1 N–H and O–H groups in total. The lowest BCUT2D eigenvalue weighted by atomic mass is 9.97. The van der Waals surface area contributed by atoms with E-state index in [-0.39, 0.29) is 17.6 Å². The number of nitrogens with zero attached hydrogens (tertiary/aromatic N) is 3. The minimum atomic E-state index is -0.978. The van der Waals surface area contributed by atoms with E-state index >= 15 is 0 Å². The predicted octanol–water partition coefficient (Wildman–Crippen LogP) is 4.15. The molecule has 1 saturated heterocycles. The third-order valence-corrected chi connectivity index (χ3v) is 4.50. The highest BCUT2D eigenvalue weighted by molar-refractivity contribution is 5.89. The Kier molecular flexibility index (Phi) is 5.01. The maximum atomic E-state index is 13.3. The van der Waals surface area contributed by atoms with Gasteiger partial charge < -0.3 is 14.8 Å². The molecule has 0 radical (unpaired) electrons. The van der Waals surface area contributed by atoms with E-state index in [1.807, 2.05) is 6.20 Å². The second kappa shape index (κ2) is 7.21. The van der Waals surface area contributed by atoms with Crippen LogP contribution in [0.1, 0.15) is 44.5 Å². The van der Waals surface area contributed by atoms with Crippen LogP contribution < -0.4 is 5.32 Å². The van der Waals surface area contributed by atoms with Crippen molar-refractivity contribution in [1.29, 1.82) is 0 Å². The third kappa shape index (κ3) is 3.81. The zero-order valence-electron chi connectivity index (χ0n) is 14.4. The molecule has 2 aromatic rings. The fourth-order valence-electron chi connectivity index (χ4n) is 3.23. The fraction of sp³-hybridized carbons (Fsp3) is 0.444. The largest absolute Gasteiger partial charge is 0.332 e. The molecule has 7 heteroatoms. The van der Waals surface area contributed by atoms with Crippen LogP contribution in [0.5, 0.6) is 0 Å². The Balaban J connectivity index is 1.69. The number of likely N-dealkylation sites (tertiary alicyclic amines) is 1. The average Bonchev–Trinajstić information content (AvgIpc) is 3.08. The molecule has 2 heterocycles. The fourth-order valence-corrected chi connectivity index (χ4v) is 3.23.